The maximum atomic E-state index is 11.4. The average Bonchev–Trinajstić information content (AvgIpc) is 2.81. The van der Waals surface area contributed by atoms with Crippen molar-refractivity contribution < 1.29 is 19.7 Å². The van der Waals surface area contributed by atoms with Gasteiger partial charge in [0.15, 0.2) is 0 Å². The number of rotatable bonds is 5. The summed E-state index contributed by atoms with van der Waals surface area (Å²) in [6, 6.07) is 3.72. The topological polar surface area (TPSA) is 78.8 Å². The van der Waals surface area contributed by atoms with Gasteiger partial charge in [0.25, 0.3) is 0 Å². The van der Waals surface area contributed by atoms with Crippen LogP contribution in [0.3, 0.4) is 0 Å². The van der Waals surface area contributed by atoms with Crippen LogP contribution in [0.2, 0.25) is 0 Å². The molecule has 114 valence electrons. The second-order valence-corrected chi connectivity index (χ2v) is 6.75. The number of hydrogen-bond acceptors (Lipinski definition) is 5. The van der Waals surface area contributed by atoms with Crippen molar-refractivity contribution in [3.63, 3.8) is 0 Å². The van der Waals surface area contributed by atoms with Crippen LogP contribution in [-0.2, 0) is 11.2 Å². The molecule has 6 heteroatoms. The molecule has 0 aliphatic rings. The molecule has 0 aromatic carbocycles. The van der Waals surface area contributed by atoms with Gasteiger partial charge < -0.3 is 20.3 Å². The summed E-state index contributed by atoms with van der Waals surface area (Å²) in [4.78, 5) is 13.3. The summed E-state index contributed by atoms with van der Waals surface area (Å²) in [5, 5.41) is 22.3. The predicted molar refractivity (Wildman–Crippen MR) is 78.9 cm³/mol. The Morgan fingerprint density at radius 2 is 2.05 bits per heavy atom. The van der Waals surface area contributed by atoms with Crippen LogP contribution in [0.15, 0.2) is 12.1 Å². The van der Waals surface area contributed by atoms with Crippen LogP contribution in [0.4, 0.5) is 4.79 Å². The molecule has 0 fully saturated rings. The molecular weight excluding hydrogens is 278 g/mol. The van der Waals surface area contributed by atoms with Crippen LogP contribution in [-0.4, -0.2) is 34.6 Å². The van der Waals surface area contributed by atoms with E-state index < -0.39 is 23.9 Å². The van der Waals surface area contributed by atoms with Crippen molar-refractivity contribution in [3.8, 4) is 0 Å². The number of carbonyl (C=O) groups excluding carboxylic acids is 1. The predicted octanol–water partition coefficient (Wildman–Crippen LogP) is 2.23. The summed E-state index contributed by atoms with van der Waals surface area (Å²) in [7, 11) is 0. The lowest BCUT2D eigenvalue weighted by Crippen LogP contribution is -2.38. The molecule has 0 saturated carbocycles. The summed E-state index contributed by atoms with van der Waals surface area (Å²) >= 11 is 1.46. The van der Waals surface area contributed by atoms with Crippen LogP contribution in [0.1, 0.15) is 43.6 Å². The summed E-state index contributed by atoms with van der Waals surface area (Å²) in [6.07, 6.45) is -1.78. The van der Waals surface area contributed by atoms with E-state index in [0.29, 0.717) is 4.88 Å². The summed E-state index contributed by atoms with van der Waals surface area (Å²) in [5.74, 6) is 0. The first kappa shape index (κ1) is 16.9. The molecule has 0 saturated heterocycles. The highest BCUT2D eigenvalue weighted by Gasteiger charge is 2.22. The van der Waals surface area contributed by atoms with E-state index in [-0.39, 0.29) is 6.54 Å². The number of carbonyl (C=O) groups is 1. The van der Waals surface area contributed by atoms with E-state index in [1.54, 1.807) is 26.8 Å². The molecule has 1 heterocycles. The van der Waals surface area contributed by atoms with Crippen molar-refractivity contribution in [2.24, 2.45) is 0 Å². The van der Waals surface area contributed by atoms with E-state index in [2.05, 4.69) is 5.32 Å². The first-order valence-electron chi connectivity index (χ1n) is 6.64. The molecule has 2 unspecified atom stereocenters. The second kappa shape index (κ2) is 7.06. The summed E-state index contributed by atoms with van der Waals surface area (Å²) in [5.41, 5.74) is -0.586. The molecule has 1 rings (SSSR count). The fourth-order valence-corrected chi connectivity index (χ4v) is 2.54. The Morgan fingerprint density at radius 3 is 2.55 bits per heavy atom. The monoisotopic (exact) mass is 301 g/mol. The van der Waals surface area contributed by atoms with Crippen molar-refractivity contribution in [2.45, 2.75) is 51.9 Å². The molecule has 0 radical (unpaired) electrons. The third kappa shape index (κ3) is 5.48. The van der Waals surface area contributed by atoms with E-state index in [0.717, 1.165) is 11.3 Å². The Balaban J connectivity index is 2.46. The van der Waals surface area contributed by atoms with E-state index in [9.17, 15) is 15.0 Å². The van der Waals surface area contributed by atoms with Crippen molar-refractivity contribution >= 4 is 17.4 Å². The normalized spacial score (nSPS) is 14.7. The van der Waals surface area contributed by atoms with Crippen LogP contribution < -0.4 is 5.32 Å². The van der Waals surface area contributed by atoms with E-state index in [4.69, 9.17) is 4.74 Å². The highest BCUT2D eigenvalue weighted by atomic mass is 32.1. The smallest absolute Gasteiger partial charge is 0.407 e. The highest BCUT2D eigenvalue weighted by molar-refractivity contribution is 7.12. The molecule has 0 bridgehead atoms. The SMILES string of the molecule is CCc1ccc(C(O)C(O)CNC(=O)OC(C)(C)C)s1. The average molecular weight is 301 g/mol. The summed E-state index contributed by atoms with van der Waals surface area (Å²) < 4.78 is 5.05. The zero-order valence-electron chi connectivity index (χ0n) is 12.3. The van der Waals surface area contributed by atoms with Crippen molar-refractivity contribution in [2.75, 3.05) is 6.54 Å². The first-order chi connectivity index (χ1) is 9.23. The van der Waals surface area contributed by atoms with Gasteiger partial charge in [0, 0.05) is 16.3 Å². The van der Waals surface area contributed by atoms with Crippen molar-refractivity contribution in [3.05, 3.63) is 21.9 Å². The molecule has 1 aromatic rings. The van der Waals surface area contributed by atoms with Crippen molar-refractivity contribution in [1.29, 1.82) is 0 Å². The number of amides is 1. The minimum absolute atomic E-state index is 0.0601. The number of aliphatic hydroxyl groups is 2. The number of aliphatic hydroxyl groups excluding tert-OH is 2. The molecular formula is C14H23NO4S. The largest absolute Gasteiger partial charge is 0.444 e. The van der Waals surface area contributed by atoms with Gasteiger partial charge in [-0.15, -0.1) is 11.3 Å². The maximum Gasteiger partial charge on any atom is 0.407 e. The number of thiophene rings is 1. The molecule has 2 atom stereocenters. The Hall–Kier alpha value is -1.11. The van der Waals surface area contributed by atoms with E-state index in [1.165, 1.54) is 11.3 Å². The van der Waals surface area contributed by atoms with Crippen LogP contribution in [0, 0.1) is 0 Å². The minimum atomic E-state index is -1.06. The number of alkyl carbamates (subject to hydrolysis) is 1. The quantitative estimate of drug-likeness (QED) is 0.779. The van der Waals surface area contributed by atoms with Gasteiger partial charge in [-0.25, -0.2) is 4.79 Å². The lowest BCUT2D eigenvalue weighted by Gasteiger charge is -2.21. The minimum Gasteiger partial charge on any atom is -0.444 e. The van der Waals surface area contributed by atoms with Gasteiger partial charge in [-0.05, 0) is 39.3 Å². The fourth-order valence-electron chi connectivity index (χ4n) is 1.55. The zero-order chi connectivity index (χ0) is 15.3. The molecule has 0 spiro atoms. The van der Waals surface area contributed by atoms with Gasteiger partial charge in [-0.1, -0.05) is 6.92 Å². The van der Waals surface area contributed by atoms with Gasteiger partial charge in [0.05, 0.1) is 0 Å². The second-order valence-electron chi connectivity index (χ2n) is 5.55. The molecule has 1 aromatic heterocycles. The summed E-state index contributed by atoms with van der Waals surface area (Å²) in [6.45, 7) is 7.25. The molecule has 0 aliphatic heterocycles. The van der Waals surface area contributed by atoms with E-state index in [1.807, 2.05) is 13.0 Å². The number of ether oxygens (including phenoxy) is 1. The highest BCUT2D eigenvalue weighted by Crippen LogP contribution is 2.25. The number of aryl methyl sites for hydroxylation is 1. The van der Waals surface area contributed by atoms with Crippen LogP contribution in [0.25, 0.3) is 0 Å². The fraction of sp³-hybridized carbons (Fsp3) is 0.643. The Morgan fingerprint density at radius 1 is 1.40 bits per heavy atom. The Bertz CT molecular complexity index is 439. The van der Waals surface area contributed by atoms with Gasteiger partial charge in [-0.3, -0.25) is 0 Å². The standard InChI is InChI=1S/C14H23NO4S/c1-5-9-6-7-11(20-9)12(17)10(16)8-15-13(18)19-14(2,3)4/h6-7,10,12,16-17H,5,8H2,1-4H3,(H,15,18). The first-order valence-corrected chi connectivity index (χ1v) is 7.46. The molecule has 3 N–H and O–H groups in total. The molecule has 20 heavy (non-hydrogen) atoms. The number of hydrogen-bond donors (Lipinski definition) is 3. The van der Waals surface area contributed by atoms with Crippen molar-refractivity contribution in [1.82, 2.24) is 5.32 Å². The third-order valence-corrected chi connectivity index (χ3v) is 3.84. The van der Waals surface area contributed by atoms with Gasteiger partial charge >= 0.3 is 6.09 Å². The molecule has 5 nitrogen and oxygen atoms in total. The lowest BCUT2D eigenvalue weighted by atomic mass is 10.1. The molecule has 1 amide bonds. The van der Waals surface area contributed by atoms with Gasteiger partial charge in [0.1, 0.15) is 17.8 Å². The zero-order valence-corrected chi connectivity index (χ0v) is 13.2. The van der Waals surface area contributed by atoms with Gasteiger partial charge in [-0.2, -0.15) is 0 Å². The Labute approximate surface area is 123 Å². The maximum absolute atomic E-state index is 11.4. The van der Waals surface area contributed by atoms with Gasteiger partial charge in [0.2, 0.25) is 0 Å². The number of nitrogens with one attached hydrogen (secondary N) is 1. The molecule has 0 aliphatic carbocycles. The Kier molecular flexibility index (Phi) is 5.98. The van der Waals surface area contributed by atoms with Crippen LogP contribution >= 0.6 is 11.3 Å². The van der Waals surface area contributed by atoms with E-state index >= 15 is 0 Å². The van der Waals surface area contributed by atoms with Crippen LogP contribution in [0.5, 0.6) is 0 Å². The lowest BCUT2D eigenvalue weighted by molar-refractivity contribution is 0.0146. The third-order valence-electron chi connectivity index (χ3n) is 2.54.